The first kappa shape index (κ1) is 24.9. The van der Waals surface area contributed by atoms with Crippen molar-refractivity contribution in [1.82, 2.24) is 14.1 Å². The van der Waals surface area contributed by atoms with Gasteiger partial charge in [-0.15, -0.1) is 0 Å². The average molecular weight is 492 g/mol. The van der Waals surface area contributed by atoms with E-state index in [1.165, 1.54) is 9.21 Å². The molecule has 0 spiro atoms. The summed E-state index contributed by atoms with van der Waals surface area (Å²) in [5.41, 5.74) is 1.36. The van der Waals surface area contributed by atoms with Gasteiger partial charge in [-0.2, -0.15) is 4.31 Å². The number of piperazine rings is 1. The number of anilines is 2. The molecule has 2 saturated heterocycles. The number of hydrogen-bond donors (Lipinski definition) is 0. The zero-order valence-corrected chi connectivity index (χ0v) is 21.4. The smallest absolute Gasteiger partial charge is 0.250 e. The van der Waals surface area contributed by atoms with E-state index in [-0.39, 0.29) is 29.3 Å². The van der Waals surface area contributed by atoms with Gasteiger partial charge in [-0.05, 0) is 44.0 Å². The van der Waals surface area contributed by atoms with E-state index in [2.05, 4.69) is 16.7 Å². The van der Waals surface area contributed by atoms with Crippen molar-refractivity contribution in [2.45, 2.75) is 51.0 Å². The third kappa shape index (κ3) is 4.55. The molecule has 2 fully saturated rings. The van der Waals surface area contributed by atoms with Crippen LogP contribution in [0.4, 0.5) is 11.4 Å². The Kier molecular flexibility index (Phi) is 7.49. The zero-order chi connectivity index (χ0) is 24.5. The Labute approximate surface area is 203 Å². The first-order valence-corrected chi connectivity index (χ1v) is 14.0. The van der Waals surface area contributed by atoms with E-state index >= 15 is 0 Å². The van der Waals surface area contributed by atoms with Gasteiger partial charge in [0.15, 0.2) is 0 Å². The Morgan fingerprint density at radius 3 is 2.35 bits per heavy atom. The van der Waals surface area contributed by atoms with Crippen LogP contribution in [0, 0.1) is 0 Å². The predicted molar refractivity (Wildman–Crippen MR) is 133 cm³/mol. The monoisotopic (exact) mass is 491 g/mol. The summed E-state index contributed by atoms with van der Waals surface area (Å²) in [7, 11) is -3.69. The molecule has 2 amide bonds. The summed E-state index contributed by atoms with van der Waals surface area (Å²) in [6.07, 6.45) is 2.71. The van der Waals surface area contributed by atoms with E-state index in [1.807, 2.05) is 24.8 Å². The first-order valence-electron chi connectivity index (χ1n) is 12.5. The van der Waals surface area contributed by atoms with Gasteiger partial charge in [-0.25, -0.2) is 8.42 Å². The van der Waals surface area contributed by atoms with E-state index in [0.29, 0.717) is 31.9 Å². The lowest BCUT2D eigenvalue weighted by Gasteiger charge is -2.45. The van der Waals surface area contributed by atoms with Crippen molar-refractivity contribution < 1.29 is 18.0 Å². The maximum atomic E-state index is 13.6. The fourth-order valence-corrected chi connectivity index (χ4v) is 6.80. The lowest BCUT2D eigenvalue weighted by atomic mass is 9.96. The van der Waals surface area contributed by atoms with Crippen LogP contribution in [0.25, 0.3) is 0 Å². The third-order valence-electron chi connectivity index (χ3n) is 7.41. The number of rotatable bonds is 7. The topological polar surface area (TPSA) is 84.5 Å². The Bertz CT molecular complexity index is 1020. The molecule has 10 heteroatoms. The maximum absolute atomic E-state index is 13.6. The number of hydrogen-bond acceptors (Lipinski definition) is 6. The highest BCUT2D eigenvalue weighted by molar-refractivity contribution is 7.89. The molecule has 0 bridgehead atoms. The molecular formula is C24H37N5O4S. The van der Waals surface area contributed by atoms with E-state index in [9.17, 15) is 18.0 Å². The van der Waals surface area contributed by atoms with Crippen molar-refractivity contribution in [2.24, 2.45) is 0 Å². The molecule has 188 valence electrons. The van der Waals surface area contributed by atoms with Crippen molar-refractivity contribution in [1.29, 1.82) is 0 Å². The lowest BCUT2D eigenvalue weighted by molar-refractivity contribution is -0.133. The molecule has 0 radical (unpaired) electrons. The van der Waals surface area contributed by atoms with E-state index < -0.39 is 10.0 Å². The summed E-state index contributed by atoms with van der Waals surface area (Å²) in [4.78, 5) is 34.7. The van der Waals surface area contributed by atoms with Crippen LogP contribution in [0.1, 0.15) is 40.0 Å². The van der Waals surface area contributed by atoms with Gasteiger partial charge in [-0.3, -0.25) is 14.5 Å². The van der Waals surface area contributed by atoms with Gasteiger partial charge >= 0.3 is 0 Å². The Morgan fingerprint density at radius 1 is 1.00 bits per heavy atom. The van der Waals surface area contributed by atoms with E-state index in [1.54, 1.807) is 12.1 Å². The summed E-state index contributed by atoms with van der Waals surface area (Å²) in [5, 5.41) is 0. The Balaban J connectivity index is 1.68. The number of carbonyl (C=O) groups excluding carboxylic acids is 2. The van der Waals surface area contributed by atoms with Crippen LogP contribution in [-0.4, -0.2) is 99.3 Å². The maximum Gasteiger partial charge on any atom is 0.250 e. The Morgan fingerprint density at radius 2 is 1.71 bits per heavy atom. The molecule has 3 aliphatic heterocycles. The van der Waals surface area contributed by atoms with Crippen LogP contribution < -0.4 is 9.80 Å². The van der Waals surface area contributed by atoms with Gasteiger partial charge in [-0.1, -0.05) is 20.8 Å². The number of sulfonamides is 1. The third-order valence-corrected chi connectivity index (χ3v) is 9.46. The normalized spacial score (nSPS) is 21.6. The second kappa shape index (κ2) is 10.2. The highest BCUT2D eigenvalue weighted by Gasteiger charge is 2.41. The minimum Gasteiger partial charge on any atom is -0.358 e. The molecule has 1 aromatic carbocycles. The molecule has 1 atom stereocenters. The molecular weight excluding hydrogens is 454 g/mol. The van der Waals surface area contributed by atoms with Crippen LogP contribution >= 0.6 is 0 Å². The molecule has 34 heavy (non-hydrogen) atoms. The number of fused-ring (bicyclic) bond motifs is 3. The van der Waals surface area contributed by atoms with Crippen molar-refractivity contribution >= 4 is 33.2 Å². The number of amides is 2. The molecule has 0 saturated carbocycles. The number of piperidine rings is 1. The average Bonchev–Trinajstić information content (AvgIpc) is 2.86. The van der Waals surface area contributed by atoms with Crippen LogP contribution in [0.2, 0.25) is 0 Å². The van der Waals surface area contributed by atoms with Gasteiger partial charge in [0.2, 0.25) is 21.8 Å². The highest BCUT2D eigenvalue weighted by Crippen LogP contribution is 2.41. The number of benzene rings is 1. The molecule has 3 heterocycles. The summed E-state index contributed by atoms with van der Waals surface area (Å²) < 4.78 is 27.8. The second-order valence-electron chi connectivity index (χ2n) is 9.18. The number of likely N-dealkylation sites (N-methyl/N-ethyl adjacent to an activating group) is 1. The standard InChI is InChI=1S/C24H37N5O4S/c1-4-25-13-15-26(16-14-25)23(30)18-29-22-17-19(34(32,33)27(5-2)6-3)10-11-20(22)28-12-8-7-9-21(28)24(29)31/h10-11,17,21H,4-9,12-16,18H2,1-3H3/t21-/m0/s1. The van der Waals surface area contributed by atoms with Crippen LogP contribution in [0.15, 0.2) is 23.1 Å². The van der Waals surface area contributed by atoms with Crippen LogP contribution in [0.5, 0.6) is 0 Å². The van der Waals surface area contributed by atoms with Gasteiger partial charge in [0, 0.05) is 45.8 Å². The van der Waals surface area contributed by atoms with Crippen molar-refractivity contribution in [3.8, 4) is 0 Å². The quantitative estimate of drug-likeness (QED) is 0.576. The van der Waals surface area contributed by atoms with Crippen molar-refractivity contribution in [3.63, 3.8) is 0 Å². The number of nitrogens with zero attached hydrogens (tertiary/aromatic N) is 5. The fourth-order valence-electron chi connectivity index (χ4n) is 5.32. The second-order valence-corrected chi connectivity index (χ2v) is 11.1. The van der Waals surface area contributed by atoms with Crippen molar-refractivity contribution in [2.75, 3.05) is 68.7 Å². The molecule has 0 unspecified atom stereocenters. The van der Waals surface area contributed by atoms with Gasteiger partial charge in [0.05, 0.1) is 16.3 Å². The Hall–Kier alpha value is -2.17. The first-order chi connectivity index (χ1) is 16.3. The van der Waals surface area contributed by atoms with Crippen LogP contribution in [-0.2, 0) is 19.6 Å². The summed E-state index contributed by atoms with van der Waals surface area (Å²) in [6.45, 7) is 11.1. The van der Waals surface area contributed by atoms with Crippen molar-refractivity contribution in [3.05, 3.63) is 18.2 Å². The van der Waals surface area contributed by atoms with E-state index in [0.717, 1.165) is 51.1 Å². The predicted octanol–water partition coefficient (Wildman–Crippen LogP) is 1.59. The fraction of sp³-hybridized carbons (Fsp3) is 0.667. The van der Waals surface area contributed by atoms with Gasteiger partial charge in [0.25, 0.3) is 0 Å². The largest absolute Gasteiger partial charge is 0.358 e. The molecule has 0 aliphatic carbocycles. The van der Waals surface area contributed by atoms with Gasteiger partial charge < -0.3 is 14.7 Å². The summed E-state index contributed by atoms with van der Waals surface area (Å²) in [6, 6.07) is 4.75. The minimum atomic E-state index is -3.69. The molecule has 4 rings (SSSR count). The lowest BCUT2D eigenvalue weighted by Crippen LogP contribution is -2.58. The minimum absolute atomic E-state index is 0.0585. The molecule has 0 N–H and O–H groups in total. The SMILES string of the molecule is CCN1CCN(C(=O)CN2C(=O)[C@@H]3CCCCN3c3ccc(S(=O)(=O)N(CC)CC)cc32)CC1. The molecule has 9 nitrogen and oxygen atoms in total. The zero-order valence-electron chi connectivity index (χ0n) is 20.6. The molecule has 0 aromatic heterocycles. The van der Waals surface area contributed by atoms with Gasteiger partial charge in [0.1, 0.15) is 12.6 Å². The highest BCUT2D eigenvalue weighted by atomic mass is 32.2. The molecule has 1 aromatic rings. The molecule has 3 aliphatic rings. The van der Waals surface area contributed by atoms with E-state index in [4.69, 9.17) is 0 Å². The number of carbonyl (C=O) groups is 2. The van der Waals surface area contributed by atoms with Crippen LogP contribution in [0.3, 0.4) is 0 Å². The summed E-state index contributed by atoms with van der Waals surface area (Å²) >= 11 is 0. The summed E-state index contributed by atoms with van der Waals surface area (Å²) in [5.74, 6) is -0.193.